The fraction of sp³-hybridized carbons (Fsp3) is 0.0667. The minimum Gasteiger partial charge on any atom is -0.485 e. The van der Waals surface area contributed by atoms with E-state index in [1.807, 2.05) is 30.3 Å². The SMILES string of the molecule is Nc1cccc(F)c1-c1nc(COc2ccccc2)no1. The van der Waals surface area contributed by atoms with Crippen LogP contribution in [0.2, 0.25) is 0 Å². The van der Waals surface area contributed by atoms with Crippen LogP contribution in [0.1, 0.15) is 5.82 Å². The zero-order valence-corrected chi connectivity index (χ0v) is 11.0. The molecule has 5 nitrogen and oxygen atoms in total. The van der Waals surface area contributed by atoms with Crippen LogP contribution in [0.5, 0.6) is 5.75 Å². The molecule has 2 N–H and O–H groups in total. The van der Waals surface area contributed by atoms with E-state index >= 15 is 0 Å². The molecule has 0 atom stereocenters. The number of nitrogens with two attached hydrogens (primary N) is 1. The average molecular weight is 285 g/mol. The first kappa shape index (κ1) is 13.1. The molecule has 0 aliphatic rings. The summed E-state index contributed by atoms with van der Waals surface area (Å²) in [5.74, 6) is 0.539. The number of benzene rings is 2. The molecule has 1 heterocycles. The summed E-state index contributed by atoms with van der Waals surface area (Å²) in [6, 6.07) is 13.6. The Bertz CT molecular complexity index is 723. The smallest absolute Gasteiger partial charge is 0.263 e. The second kappa shape index (κ2) is 5.62. The number of para-hydroxylation sites is 1. The van der Waals surface area contributed by atoms with Crippen LogP contribution in [0.25, 0.3) is 11.5 Å². The molecule has 0 aliphatic carbocycles. The fourth-order valence-corrected chi connectivity index (χ4v) is 1.85. The van der Waals surface area contributed by atoms with E-state index in [2.05, 4.69) is 10.1 Å². The van der Waals surface area contributed by atoms with Gasteiger partial charge in [-0.25, -0.2) is 4.39 Å². The highest BCUT2D eigenvalue weighted by atomic mass is 19.1. The standard InChI is InChI=1S/C15H12FN3O2/c16-11-7-4-8-12(17)14(11)15-18-13(19-21-15)9-20-10-5-2-1-3-6-10/h1-8H,9,17H2. The number of hydrogen-bond acceptors (Lipinski definition) is 5. The number of halogens is 1. The monoisotopic (exact) mass is 285 g/mol. The maximum atomic E-state index is 13.8. The van der Waals surface area contributed by atoms with Crippen LogP contribution in [-0.2, 0) is 6.61 Å². The molecule has 3 rings (SSSR count). The summed E-state index contributed by atoms with van der Waals surface area (Å²) in [6.45, 7) is 0.127. The van der Waals surface area contributed by atoms with Gasteiger partial charge in [0, 0.05) is 5.69 Å². The van der Waals surface area contributed by atoms with Crippen molar-refractivity contribution in [2.24, 2.45) is 0 Å². The summed E-state index contributed by atoms with van der Waals surface area (Å²) in [5.41, 5.74) is 6.08. The predicted molar refractivity (Wildman–Crippen MR) is 74.9 cm³/mol. The fourth-order valence-electron chi connectivity index (χ4n) is 1.85. The summed E-state index contributed by atoms with van der Waals surface area (Å²) in [4.78, 5) is 4.09. The van der Waals surface area contributed by atoms with Crippen molar-refractivity contribution >= 4 is 5.69 Å². The van der Waals surface area contributed by atoms with Gasteiger partial charge >= 0.3 is 0 Å². The Balaban J connectivity index is 1.78. The van der Waals surface area contributed by atoms with Crippen molar-refractivity contribution in [3.05, 3.63) is 60.2 Å². The number of ether oxygens (including phenoxy) is 1. The highest BCUT2D eigenvalue weighted by Crippen LogP contribution is 2.27. The Morgan fingerprint density at radius 1 is 1.10 bits per heavy atom. The van der Waals surface area contributed by atoms with Crippen molar-refractivity contribution in [3.8, 4) is 17.2 Å². The third-order valence-electron chi connectivity index (χ3n) is 2.84. The minimum absolute atomic E-state index is 0.0391. The van der Waals surface area contributed by atoms with Crippen molar-refractivity contribution in [1.29, 1.82) is 0 Å². The van der Waals surface area contributed by atoms with Crippen LogP contribution < -0.4 is 10.5 Å². The Kier molecular flexibility index (Phi) is 3.51. The maximum Gasteiger partial charge on any atom is 0.263 e. The molecule has 0 bridgehead atoms. The van der Waals surface area contributed by atoms with E-state index in [1.165, 1.54) is 12.1 Å². The predicted octanol–water partition coefficient (Wildman–Crippen LogP) is 3.04. The molecule has 6 heteroatoms. The second-order valence-electron chi connectivity index (χ2n) is 4.32. The van der Waals surface area contributed by atoms with Crippen molar-refractivity contribution < 1.29 is 13.7 Å². The van der Waals surface area contributed by atoms with E-state index in [1.54, 1.807) is 6.07 Å². The summed E-state index contributed by atoms with van der Waals surface area (Å²) in [6.07, 6.45) is 0. The zero-order valence-electron chi connectivity index (χ0n) is 11.0. The van der Waals surface area contributed by atoms with E-state index in [0.717, 1.165) is 0 Å². The van der Waals surface area contributed by atoms with Crippen LogP contribution in [0.3, 0.4) is 0 Å². The molecule has 106 valence electrons. The number of anilines is 1. The molecule has 1 aromatic heterocycles. The normalized spacial score (nSPS) is 10.5. The van der Waals surface area contributed by atoms with Gasteiger partial charge in [0.25, 0.3) is 5.89 Å². The number of rotatable bonds is 4. The molecule has 0 amide bonds. The van der Waals surface area contributed by atoms with E-state index < -0.39 is 5.82 Å². The minimum atomic E-state index is -0.505. The molecular weight excluding hydrogens is 273 g/mol. The van der Waals surface area contributed by atoms with Gasteiger partial charge in [-0.15, -0.1) is 0 Å². The maximum absolute atomic E-state index is 13.8. The van der Waals surface area contributed by atoms with Gasteiger partial charge in [-0.05, 0) is 24.3 Å². The van der Waals surface area contributed by atoms with Gasteiger partial charge in [0.05, 0.1) is 5.56 Å². The van der Waals surface area contributed by atoms with Crippen molar-refractivity contribution in [2.45, 2.75) is 6.61 Å². The molecule has 0 spiro atoms. The van der Waals surface area contributed by atoms with Crippen LogP contribution >= 0.6 is 0 Å². The van der Waals surface area contributed by atoms with Crippen molar-refractivity contribution in [3.63, 3.8) is 0 Å². The molecule has 2 aromatic carbocycles. The number of hydrogen-bond donors (Lipinski definition) is 1. The van der Waals surface area contributed by atoms with Crippen molar-refractivity contribution in [1.82, 2.24) is 10.1 Å². The van der Waals surface area contributed by atoms with E-state index in [0.29, 0.717) is 11.6 Å². The third kappa shape index (κ3) is 2.84. The Morgan fingerprint density at radius 2 is 1.90 bits per heavy atom. The summed E-state index contributed by atoms with van der Waals surface area (Å²) >= 11 is 0. The molecule has 0 radical (unpaired) electrons. The van der Waals surface area contributed by atoms with Gasteiger partial charge in [-0.1, -0.05) is 29.4 Å². The Morgan fingerprint density at radius 3 is 2.67 bits per heavy atom. The van der Waals surface area contributed by atoms with Gasteiger partial charge in [-0.2, -0.15) is 4.98 Å². The first-order valence-electron chi connectivity index (χ1n) is 6.29. The van der Waals surface area contributed by atoms with Crippen LogP contribution in [-0.4, -0.2) is 10.1 Å². The third-order valence-corrected chi connectivity index (χ3v) is 2.84. The molecule has 3 aromatic rings. The van der Waals surface area contributed by atoms with E-state index in [-0.39, 0.29) is 23.7 Å². The molecule has 0 fully saturated rings. The van der Waals surface area contributed by atoms with Crippen molar-refractivity contribution in [2.75, 3.05) is 5.73 Å². The van der Waals surface area contributed by atoms with Gasteiger partial charge in [0.15, 0.2) is 6.61 Å². The van der Waals surface area contributed by atoms with Crippen LogP contribution in [0.15, 0.2) is 53.1 Å². The molecule has 0 aliphatic heterocycles. The molecular formula is C15H12FN3O2. The lowest BCUT2D eigenvalue weighted by molar-refractivity contribution is 0.287. The number of nitrogens with zero attached hydrogens (tertiary/aromatic N) is 2. The van der Waals surface area contributed by atoms with Gasteiger partial charge in [0.2, 0.25) is 5.82 Å². The summed E-state index contributed by atoms with van der Waals surface area (Å²) in [7, 11) is 0. The lowest BCUT2D eigenvalue weighted by Crippen LogP contribution is -1.98. The quantitative estimate of drug-likeness (QED) is 0.746. The van der Waals surface area contributed by atoms with Crippen LogP contribution in [0, 0.1) is 5.82 Å². The first-order chi connectivity index (χ1) is 10.2. The topological polar surface area (TPSA) is 74.2 Å². The number of nitrogen functional groups attached to an aromatic ring is 1. The Hall–Kier alpha value is -2.89. The highest BCUT2D eigenvalue weighted by Gasteiger charge is 2.16. The van der Waals surface area contributed by atoms with Gasteiger partial charge in [-0.3, -0.25) is 0 Å². The van der Waals surface area contributed by atoms with E-state index in [9.17, 15) is 4.39 Å². The highest BCUT2D eigenvalue weighted by molar-refractivity contribution is 5.70. The lowest BCUT2D eigenvalue weighted by Gasteiger charge is -2.02. The van der Waals surface area contributed by atoms with Gasteiger partial charge < -0.3 is 15.0 Å². The first-order valence-corrected chi connectivity index (χ1v) is 6.29. The molecule has 21 heavy (non-hydrogen) atoms. The van der Waals surface area contributed by atoms with Gasteiger partial charge in [0.1, 0.15) is 11.6 Å². The molecule has 0 saturated heterocycles. The molecule has 0 saturated carbocycles. The molecule has 0 unspecified atom stereocenters. The van der Waals surface area contributed by atoms with Crippen LogP contribution in [0.4, 0.5) is 10.1 Å². The second-order valence-corrected chi connectivity index (χ2v) is 4.32. The van der Waals surface area contributed by atoms with E-state index in [4.69, 9.17) is 15.0 Å². The Labute approximate surface area is 120 Å². The average Bonchev–Trinajstić information content (AvgIpc) is 2.95. The summed E-state index contributed by atoms with van der Waals surface area (Å²) < 4.78 is 24.3. The largest absolute Gasteiger partial charge is 0.485 e. The summed E-state index contributed by atoms with van der Waals surface area (Å²) in [5, 5.41) is 3.76. The zero-order chi connectivity index (χ0) is 14.7. The number of aromatic nitrogens is 2. The lowest BCUT2D eigenvalue weighted by atomic mass is 10.1.